The number of carbonyl (C=O) groups excluding carboxylic acids is 2. The molecule has 24 heavy (non-hydrogen) atoms. The molecule has 1 fully saturated rings. The number of hydrogen-bond donors (Lipinski definition) is 1. The van der Waals surface area contributed by atoms with E-state index in [1.165, 1.54) is 0 Å². The van der Waals surface area contributed by atoms with Crippen molar-refractivity contribution in [1.82, 2.24) is 0 Å². The Hall–Kier alpha value is -2.65. The van der Waals surface area contributed by atoms with Crippen molar-refractivity contribution in [3.05, 3.63) is 58.6 Å². The molecule has 1 atom stereocenters. The van der Waals surface area contributed by atoms with E-state index in [2.05, 4.69) is 21.2 Å². The molecular formula is C18H14BrN3O2. The van der Waals surface area contributed by atoms with Gasteiger partial charge in [0.25, 0.3) is 0 Å². The Kier molecular flexibility index (Phi) is 4.63. The molecule has 1 aliphatic rings. The van der Waals surface area contributed by atoms with Gasteiger partial charge in [0.05, 0.1) is 17.6 Å². The van der Waals surface area contributed by atoms with Crippen molar-refractivity contribution in [2.45, 2.75) is 6.42 Å². The highest BCUT2D eigenvalue weighted by Gasteiger charge is 2.35. The maximum Gasteiger partial charge on any atom is 0.229 e. The fourth-order valence-electron chi connectivity index (χ4n) is 2.69. The molecular weight excluding hydrogens is 370 g/mol. The molecule has 2 aromatic rings. The quantitative estimate of drug-likeness (QED) is 0.883. The second-order valence-electron chi connectivity index (χ2n) is 5.57. The summed E-state index contributed by atoms with van der Waals surface area (Å²) < 4.78 is 0.883. The number of carbonyl (C=O) groups is 2. The van der Waals surface area contributed by atoms with Crippen molar-refractivity contribution >= 4 is 39.1 Å². The summed E-state index contributed by atoms with van der Waals surface area (Å²) >= 11 is 3.39. The van der Waals surface area contributed by atoms with Crippen molar-refractivity contribution < 1.29 is 9.59 Å². The lowest BCUT2D eigenvalue weighted by atomic mass is 10.1. The molecule has 0 saturated carbocycles. The van der Waals surface area contributed by atoms with E-state index in [0.717, 1.165) is 10.2 Å². The Labute approximate surface area is 148 Å². The normalized spacial score (nSPS) is 16.8. The van der Waals surface area contributed by atoms with Crippen molar-refractivity contribution in [1.29, 1.82) is 5.26 Å². The SMILES string of the molecule is N#Cc1cccc(NC(=O)C2CC(=O)N(c3cccc(Br)c3)C2)c1. The lowest BCUT2D eigenvalue weighted by Gasteiger charge is -2.17. The van der Waals surface area contributed by atoms with Gasteiger partial charge in [-0.3, -0.25) is 9.59 Å². The Morgan fingerprint density at radius 2 is 2.04 bits per heavy atom. The molecule has 2 aromatic carbocycles. The third-order valence-corrected chi connectivity index (χ3v) is 4.37. The predicted octanol–water partition coefficient (Wildman–Crippen LogP) is 3.31. The number of hydrogen-bond acceptors (Lipinski definition) is 3. The third kappa shape index (κ3) is 3.47. The summed E-state index contributed by atoms with van der Waals surface area (Å²) in [5.74, 6) is -0.697. The number of amides is 2. The molecule has 0 aromatic heterocycles. The highest BCUT2D eigenvalue weighted by atomic mass is 79.9. The van der Waals surface area contributed by atoms with E-state index < -0.39 is 5.92 Å². The summed E-state index contributed by atoms with van der Waals surface area (Å²) in [6.45, 7) is 0.346. The van der Waals surface area contributed by atoms with E-state index in [4.69, 9.17) is 5.26 Å². The van der Waals surface area contributed by atoms with Crippen LogP contribution >= 0.6 is 15.9 Å². The van der Waals surface area contributed by atoms with Crippen LogP contribution in [0, 0.1) is 17.2 Å². The Morgan fingerprint density at radius 1 is 1.25 bits per heavy atom. The van der Waals surface area contributed by atoms with Crippen molar-refractivity contribution in [2.24, 2.45) is 5.92 Å². The van der Waals surface area contributed by atoms with Crippen LogP contribution in [0.3, 0.4) is 0 Å². The van der Waals surface area contributed by atoms with E-state index in [9.17, 15) is 9.59 Å². The maximum absolute atomic E-state index is 12.4. The van der Waals surface area contributed by atoms with Gasteiger partial charge >= 0.3 is 0 Å². The van der Waals surface area contributed by atoms with Gasteiger partial charge < -0.3 is 10.2 Å². The minimum Gasteiger partial charge on any atom is -0.326 e. The number of nitrogens with zero attached hydrogens (tertiary/aromatic N) is 2. The number of nitriles is 1. The van der Waals surface area contributed by atoms with Gasteiger partial charge in [-0.1, -0.05) is 28.1 Å². The fourth-order valence-corrected chi connectivity index (χ4v) is 3.07. The van der Waals surface area contributed by atoms with E-state index in [1.54, 1.807) is 29.2 Å². The first-order valence-electron chi connectivity index (χ1n) is 7.44. The molecule has 1 aliphatic heterocycles. The monoisotopic (exact) mass is 383 g/mol. The molecule has 0 radical (unpaired) electrons. The topological polar surface area (TPSA) is 73.2 Å². The highest BCUT2D eigenvalue weighted by Crippen LogP contribution is 2.28. The van der Waals surface area contributed by atoms with Crippen LogP contribution in [0.4, 0.5) is 11.4 Å². The van der Waals surface area contributed by atoms with Gasteiger partial charge in [-0.15, -0.1) is 0 Å². The van der Waals surface area contributed by atoms with Crippen molar-refractivity contribution in [3.63, 3.8) is 0 Å². The van der Waals surface area contributed by atoms with Crippen molar-refractivity contribution in [2.75, 3.05) is 16.8 Å². The van der Waals surface area contributed by atoms with Crippen LogP contribution < -0.4 is 10.2 Å². The highest BCUT2D eigenvalue weighted by molar-refractivity contribution is 9.10. The number of anilines is 2. The van der Waals surface area contributed by atoms with Crippen LogP contribution in [0.15, 0.2) is 53.0 Å². The predicted molar refractivity (Wildman–Crippen MR) is 94.4 cm³/mol. The lowest BCUT2D eigenvalue weighted by molar-refractivity contribution is -0.122. The average Bonchev–Trinajstić information content (AvgIpc) is 2.97. The van der Waals surface area contributed by atoms with Gasteiger partial charge in [0.15, 0.2) is 0 Å². The van der Waals surface area contributed by atoms with Gasteiger partial charge in [0, 0.05) is 28.8 Å². The Bertz CT molecular complexity index is 844. The zero-order valence-electron chi connectivity index (χ0n) is 12.7. The number of benzene rings is 2. The van der Waals surface area contributed by atoms with Gasteiger partial charge in [0.1, 0.15) is 0 Å². The summed E-state index contributed by atoms with van der Waals surface area (Å²) in [5.41, 5.74) is 1.81. The second kappa shape index (κ2) is 6.85. The summed E-state index contributed by atoms with van der Waals surface area (Å²) in [5, 5.41) is 11.7. The van der Waals surface area contributed by atoms with Gasteiger partial charge in [-0.25, -0.2) is 0 Å². The molecule has 6 heteroatoms. The van der Waals surface area contributed by atoms with Crippen LogP contribution in [0.2, 0.25) is 0 Å². The molecule has 2 amide bonds. The maximum atomic E-state index is 12.4. The molecule has 120 valence electrons. The Balaban J connectivity index is 1.71. The lowest BCUT2D eigenvalue weighted by Crippen LogP contribution is -2.28. The fraction of sp³-hybridized carbons (Fsp3) is 0.167. The number of halogens is 1. The number of rotatable bonds is 3. The third-order valence-electron chi connectivity index (χ3n) is 3.87. The zero-order valence-corrected chi connectivity index (χ0v) is 14.3. The van der Waals surface area contributed by atoms with Crippen LogP contribution in [0.1, 0.15) is 12.0 Å². The molecule has 0 spiro atoms. The molecule has 1 N–H and O–H groups in total. The number of nitrogens with one attached hydrogen (secondary N) is 1. The van der Waals surface area contributed by atoms with Crippen LogP contribution in [-0.4, -0.2) is 18.4 Å². The Morgan fingerprint density at radius 3 is 2.79 bits per heavy atom. The molecule has 0 bridgehead atoms. The zero-order chi connectivity index (χ0) is 17.1. The first-order chi connectivity index (χ1) is 11.6. The first kappa shape index (κ1) is 16.2. The molecule has 5 nitrogen and oxygen atoms in total. The summed E-state index contributed by atoms with van der Waals surface area (Å²) in [7, 11) is 0. The molecule has 1 unspecified atom stereocenters. The van der Waals surface area contributed by atoms with Gasteiger partial charge in [-0.05, 0) is 36.4 Å². The average molecular weight is 384 g/mol. The summed E-state index contributed by atoms with van der Waals surface area (Å²) in [4.78, 5) is 26.3. The summed E-state index contributed by atoms with van der Waals surface area (Å²) in [6.07, 6.45) is 0.177. The molecule has 3 rings (SSSR count). The van der Waals surface area contributed by atoms with Gasteiger partial charge in [0.2, 0.25) is 11.8 Å². The molecule has 1 saturated heterocycles. The van der Waals surface area contributed by atoms with Crippen LogP contribution in [-0.2, 0) is 9.59 Å². The molecule has 0 aliphatic carbocycles. The first-order valence-corrected chi connectivity index (χ1v) is 8.23. The minimum absolute atomic E-state index is 0.0703. The second-order valence-corrected chi connectivity index (χ2v) is 6.48. The van der Waals surface area contributed by atoms with Gasteiger partial charge in [-0.2, -0.15) is 5.26 Å². The van der Waals surface area contributed by atoms with E-state index in [0.29, 0.717) is 17.8 Å². The largest absolute Gasteiger partial charge is 0.326 e. The minimum atomic E-state index is -0.415. The van der Waals surface area contributed by atoms with Crippen LogP contribution in [0.5, 0.6) is 0 Å². The smallest absolute Gasteiger partial charge is 0.229 e. The van der Waals surface area contributed by atoms with E-state index in [-0.39, 0.29) is 18.2 Å². The van der Waals surface area contributed by atoms with E-state index in [1.807, 2.05) is 30.3 Å². The van der Waals surface area contributed by atoms with Crippen LogP contribution in [0.25, 0.3) is 0 Å². The van der Waals surface area contributed by atoms with Crippen molar-refractivity contribution in [3.8, 4) is 6.07 Å². The standard InChI is InChI=1S/C18H14BrN3O2/c19-14-4-2-6-16(9-14)22-11-13(8-17(22)23)18(24)21-15-5-1-3-12(7-15)10-20/h1-7,9,13H,8,11H2,(H,21,24). The van der Waals surface area contributed by atoms with E-state index >= 15 is 0 Å². The molecule has 1 heterocycles. The summed E-state index contributed by atoms with van der Waals surface area (Å²) in [6, 6.07) is 16.2.